The first-order valence-corrected chi connectivity index (χ1v) is 9.78. The molecule has 0 heterocycles. The lowest BCUT2D eigenvalue weighted by atomic mass is 10.0. The van der Waals surface area contributed by atoms with Gasteiger partial charge in [-0.3, -0.25) is 14.5 Å². The van der Waals surface area contributed by atoms with E-state index in [0.29, 0.717) is 17.8 Å². The standard InChI is InChI=1S/C25H26N2O3/c1-18(28)21-12-8-13-22(16-21)26-25(29)24(20-10-5-4-6-11-20)27(2)17-19-9-7-14-23(15-19)30-3/h4-16,24H,17H2,1-3H3,(H,26,29). The molecule has 5 heteroatoms. The zero-order valence-corrected chi connectivity index (χ0v) is 17.5. The van der Waals surface area contributed by atoms with E-state index in [4.69, 9.17) is 4.74 Å². The molecule has 5 nitrogen and oxygen atoms in total. The number of nitrogens with one attached hydrogen (secondary N) is 1. The largest absolute Gasteiger partial charge is 0.497 e. The first kappa shape index (κ1) is 21.3. The van der Waals surface area contributed by atoms with Crippen molar-refractivity contribution in [2.75, 3.05) is 19.5 Å². The lowest BCUT2D eigenvalue weighted by Crippen LogP contribution is -2.34. The highest BCUT2D eigenvalue weighted by molar-refractivity contribution is 5.98. The molecule has 30 heavy (non-hydrogen) atoms. The van der Waals surface area contributed by atoms with Crippen molar-refractivity contribution in [3.05, 3.63) is 95.6 Å². The van der Waals surface area contributed by atoms with Gasteiger partial charge in [0.2, 0.25) is 5.91 Å². The van der Waals surface area contributed by atoms with Crippen molar-refractivity contribution < 1.29 is 14.3 Å². The number of anilines is 1. The van der Waals surface area contributed by atoms with Crippen LogP contribution >= 0.6 is 0 Å². The summed E-state index contributed by atoms with van der Waals surface area (Å²) in [6, 6.07) is 24.0. The van der Waals surface area contributed by atoms with Crippen molar-refractivity contribution in [2.24, 2.45) is 0 Å². The fourth-order valence-electron chi connectivity index (χ4n) is 3.42. The maximum absolute atomic E-state index is 13.3. The van der Waals surface area contributed by atoms with E-state index in [9.17, 15) is 9.59 Å². The summed E-state index contributed by atoms with van der Waals surface area (Å²) in [7, 11) is 3.56. The van der Waals surface area contributed by atoms with Crippen LogP contribution in [0.2, 0.25) is 0 Å². The molecule has 0 saturated heterocycles. The number of rotatable bonds is 8. The predicted molar refractivity (Wildman–Crippen MR) is 119 cm³/mol. The van der Waals surface area contributed by atoms with Crippen molar-refractivity contribution in [1.29, 1.82) is 0 Å². The molecule has 0 aliphatic rings. The molecule has 3 rings (SSSR count). The Morgan fingerprint density at radius 2 is 1.70 bits per heavy atom. The van der Waals surface area contributed by atoms with E-state index < -0.39 is 6.04 Å². The Bertz CT molecular complexity index is 1020. The summed E-state index contributed by atoms with van der Waals surface area (Å²) >= 11 is 0. The summed E-state index contributed by atoms with van der Waals surface area (Å²) in [6.07, 6.45) is 0. The number of hydrogen-bond acceptors (Lipinski definition) is 4. The van der Waals surface area contributed by atoms with Gasteiger partial charge in [0, 0.05) is 17.8 Å². The summed E-state index contributed by atoms with van der Waals surface area (Å²) in [6.45, 7) is 2.08. The SMILES string of the molecule is COc1cccc(CN(C)C(C(=O)Nc2cccc(C(C)=O)c2)c2ccccc2)c1. The lowest BCUT2D eigenvalue weighted by Gasteiger charge is -2.28. The first-order valence-electron chi connectivity index (χ1n) is 9.78. The van der Waals surface area contributed by atoms with Crippen LogP contribution in [0.3, 0.4) is 0 Å². The van der Waals surface area contributed by atoms with E-state index in [1.165, 1.54) is 6.92 Å². The molecule has 0 aliphatic carbocycles. The van der Waals surface area contributed by atoms with E-state index in [-0.39, 0.29) is 11.7 Å². The minimum Gasteiger partial charge on any atom is -0.497 e. The van der Waals surface area contributed by atoms with Gasteiger partial charge in [0.25, 0.3) is 0 Å². The Kier molecular flexibility index (Phi) is 6.99. The number of ether oxygens (including phenoxy) is 1. The smallest absolute Gasteiger partial charge is 0.246 e. The summed E-state index contributed by atoms with van der Waals surface area (Å²) in [4.78, 5) is 27.0. The number of likely N-dealkylation sites (N-methyl/N-ethyl adjacent to an activating group) is 1. The molecule has 3 aromatic rings. The molecule has 0 aliphatic heterocycles. The van der Waals surface area contributed by atoms with Gasteiger partial charge in [-0.2, -0.15) is 0 Å². The van der Waals surface area contributed by atoms with Crippen molar-refractivity contribution in [3.63, 3.8) is 0 Å². The number of hydrogen-bond donors (Lipinski definition) is 1. The fraction of sp³-hybridized carbons (Fsp3) is 0.200. The average Bonchev–Trinajstić information content (AvgIpc) is 2.75. The van der Waals surface area contributed by atoms with Gasteiger partial charge in [0.15, 0.2) is 5.78 Å². The quantitative estimate of drug-likeness (QED) is 0.555. The van der Waals surface area contributed by atoms with Crippen molar-refractivity contribution in [3.8, 4) is 5.75 Å². The molecule has 0 fully saturated rings. The highest BCUT2D eigenvalue weighted by atomic mass is 16.5. The number of ketones is 1. The van der Waals surface area contributed by atoms with Gasteiger partial charge < -0.3 is 10.1 Å². The Hall–Kier alpha value is -3.44. The van der Waals surface area contributed by atoms with Crippen LogP contribution in [-0.2, 0) is 11.3 Å². The normalized spacial score (nSPS) is 11.7. The zero-order valence-electron chi connectivity index (χ0n) is 17.5. The van der Waals surface area contributed by atoms with Crippen LogP contribution in [0.5, 0.6) is 5.75 Å². The molecule has 3 aromatic carbocycles. The predicted octanol–water partition coefficient (Wildman–Crippen LogP) is 4.71. The van der Waals surface area contributed by atoms with Crippen LogP contribution in [-0.4, -0.2) is 30.7 Å². The van der Waals surface area contributed by atoms with Crippen LogP contribution in [0.1, 0.15) is 34.5 Å². The third-order valence-electron chi connectivity index (χ3n) is 4.91. The van der Waals surface area contributed by atoms with E-state index >= 15 is 0 Å². The monoisotopic (exact) mass is 402 g/mol. The molecule has 1 atom stereocenters. The Morgan fingerprint density at radius 3 is 2.40 bits per heavy atom. The van der Waals surface area contributed by atoms with E-state index in [0.717, 1.165) is 16.9 Å². The number of benzene rings is 3. The molecular weight excluding hydrogens is 376 g/mol. The minimum absolute atomic E-state index is 0.0409. The molecule has 1 N–H and O–H groups in total. The third kappa shape index (κ3) is 5.33. The number of nitrogens with zero attached hydrogens (tertiary/aromatic N) is 1. The van der Waals surface area contributed by atoms with Crippen LogP contribution in [0.15, 0.2) is 78.9 Å². The van der Waals surface area contributed by atoms with Gasteiger partial charge >= 0.3 is 0 Å². The zero-order chi connectivity index (χ0) is 21.5. The van der Waals surface area contributed by atoms with Crippen molar-refractivity contribution in [2.45, 2.75) is 19.5 Å². The molecule has 0 spiro atoms. The van der Waals surface area contributed by atoms with Crippen molar-refractivity contribution >= 4 is 17.4 Å². The Morgan fingerprint density at radius 1 is 0.967 bits per heavy atom. The molecule has 1 unspecified atom stereocenters. The number of methoxy groups -OCH3 is 1. The van der Waals surface area contributed by atoms with E-state index in [1.54, 1.807) is 31.4 Å². The van der Waals surface area contributed by atoms with Gasteiger partial charge in [-0.05, 0) is 49.4 Å². The molecule has 0 saturated carbocycles. The highest BCUT2D eigenvalue weighted by Gasteiger charge is 2.25. The number of carbonyl (C=O) groups excluding carboxylic acids is 2. The summed E-state index contributed by atoms with van der Waals surface area (Å²) in [5, 5.41) is 2.97. The second-order valence-corrected chi connectivity index (χ2v) is 7.21. The molecule has 154 valence electrons. The van der Waals surface area contributed by atoms with Crippen LogP contribution < -0.4 is 10.1 Å². The number of Topliss-reactive ketones (excluding diaryl/α,β-unsaturated/α-hetero) is 1. The lowest BCUT2D eigenvalue weighted by molar-refractivity contribution is -0.121. The van der Waals surface area contributed by atoms with Crippen LogP contribution in [0.4, 0.5) is 5.69 Å². The van der Waals surface area contributed by atoms with Gasteiger partial charge in [-0.15, -0.1) is 0 Å². The maximum Gasteiger partial charge on any atom is 0.246 e. The van der Waals surface area contributed by atoms with Gasteiger partial charge in [0.05, 0.1) is 7.11 Å². The number of amides is 1. The second kappa shape index (κ2) is 9.85. The Labute approximate surface area is 177 Å². The molecule has 0 radical (unpaired) electrons. The highest BCUT2D eigenvalue weighted by Crippen LogP contribution is 2.25. The topological polar surface area (TPSA) is 58.6 Å². The second-order valence-electron chi connectivity index (χ2n) is 7.21. The first-order chi connectivity index (χ1) is 14.5. The minimum atomic E-state index is -0.501. The molecule has 1 amide bonds. The fourth-order valence-corrected chi connectivity index (χ4v) is 3.42. The summed E-state index contributed by atoms with van der Waals surface area (Å²) in [5.74, 6) is 0.579. The van der Waals surface area contributed by atoms with E-state index in [2.05, 4.69) is 5.32 Å². The molecule has 0 aromatic heterocycles. The van der Waals surface area contributed by atoms with Gasteiger partial charge in [-0.1, -0.05) is 54.6 Å². The van der Waals surface area contributed by atoms with Crippen LogP contribution in [0.25, 0.3) is 0 Å². The molecule has 0 bridgehead atoms. The van der Waals surface area contributed by atoms with Crippen molar-refractivity contribution in [1.82, 2.24) is 4.90 Å². The maximum atomic E-state index is 13.3. The van der Waals surface area contributed by atoms with Gasteiger partial charge in [-0.25, -0.2) is 0 Å². The Balaban J connectivity index is 1.85. The molecular formula is C25H26N2O3. The average molecular weight is 402 g/mol. The summed E-state index contributed by atoms with van der Waals surface area (Å²) < 4.78 is 5.31. The number of carbonyl (C=O) groups is 2. The van der Waals surface area contributed by atoms with Crippen LogP contribution in [0, 0.1) is 0 Å². The summed E-state index contributed by atoms with van der Waals surface area (Å²) in [5.41, 5.74) is 3.10. The van der Waals surface area contributed by atoms with E-state index in [1.807, 2.05) is 66.5 Å². The van der Waals surface area contributed by atoms with Gasteiger partial charge in [0.1, 0.15) is 11.8 Å². The third-order valence-corrected chi connectivity index (χ3v) is 4.91.